The molecule has 1 amide bonds. The molecule has 1 heterocycles. The molecule has 2 atom stereocenters. The number of hydrogen-bond acceptors (Lipinski definition) is 3. The summed E-state index contributed by atoms with van der Waals surface area (Å²) in [7, 11) is 0. The molecule has 2 unspecified atom stereocenters. The summed E-state index contributed by atoms with van der Waals surface area (Å²) in [5.74, 6) is 0.396. The average molecular weight is 375 g/mol. The molecule has 2 N–H and O–H groups in total. The number of carbonyl (C=O) groups is 1. The molecule has 0 aliphatic carbocycles. The van der Waals surface area contributed by atoms with Gasteiger partial charge in [0.25, 0.3) is 0 Å². The van der Waals surface area contributed by atoms with E-state index in [2.05, 4.69) is 12.1 Å². The number of carbonyl (C=O) groups excluding carboxylic acids is 1. The maximum atomic E-state index is 12.6. The van der Waals surface area contributed by atoms with Crippen molar-refractivity contribution in [3.8, 4) is 0 Å². The van der Waals surface area contributed by atoms with Crippen molar-refractivity contribution in [1.29, 1.82) is 0 Å². The van der Waals surface area contributed by atoms with E-state index in [1.54, 1.807) is 0 Å². The number of halogens is 1. The zero-order chi connectivity index (χ0) is 17.6. The van der Waals surface area contributed by atoms with Crippen molar-refractivity contribution in [1.82, 2.24) is 4.90 Å². The molecule has 2 aromatic carbocycles. The van der Waals surface area contributed by atoms with Gasteiger partial charge in [-0.3, -0.25) is 4.79 Å². The highest BCUT2D eigenvalue weighted by Crippen LogP contribution is 2.22. The highest BCUT2D eigenvalue weighted by molar-refractivity contribution is 5.85. The summed E-state index contributed by atoms with van der Waals surface area (Å²) in [6.45, 7) is 4.81. The van der Waals surface area contributed by atoms with Crippen LogP contribution >= 0.6 is 12.4 Å². The minimum absolute atomic E-state index is 0. The number of ether oxygens (including phenoxy) is 1. The van der Waals surface area contributed by atoms with Crippen LogP contribution in [-0.4, -0.2) is 30.5 Å². The molecular formula is C21H27ClN2O2. The predicted molar refractivity (Wildman–Crippen MR) is 106 cm³/mol. The van der Waals surface area contributed by atoms with E-state index < -0.39 is 6.04 Å². The fourth-order valence-corrected chi connectivity index (χ4v) is 3.20. The quantitative estimate of drug-likeness (QED) is 0.842. The van der Waals surface area contributed by atoms with Crippen molar-refractivity contribution < 1.29 is 9.53 Å². The molecule has 3 rings (SSSR count). The summed E-state index contributed by atoms with van der Waals surface area (Å²) in [6.07, 6.45) is 0.973. The van der Waals surface area contributed by atoms with E-state index in [-0.39, 0.29) is 18.3 Å². The Morgan fingerprint density at radius 3 is 2.58 bits per heavy atom. The maximum absolute atomic E-state index is 12.6. The van der Waals surface area contributed by atoms with Crippen molar-refractivity contribution >= 4 is 18.3 Å². The number of nitrogens with zero attached hydrogens (tertiary/aromatic N) is 1. The van der Waals surface area contributed by atoms with Crippen LogP contribution in [0.2, 0.25) is 0 Å². The third kappa shape index (κ3) is 5.31. The molecule has 5 heteroatoms. The lowest BCUT2D eigenvalue weighted by molar-refractivity contribution is -0.131. The summed E-state index contributed by atoms with van der Waals surface area (Å²) in [6, 6.07) is 17.4. The molecule has 1 saturated heterocycles. The minimum atomic E-state index is -0.579. The minimum Gasteiger partial charge on any atom is -0.376 e. The van der Waals surface area contributed by atoms with Crippen LogP contribution in [0.3, 0.4) is 0 Å². The molecular weight excluding hydrogens is 348 g/mol. The molecule has 0 radical (unpaired) electrons. The van der Waals surface area contributed by atoms with E-state index in [4.69, 9.17) is 10.5 Å². The molecule has 0 saturated carbocycles. The Hall–Kier alpha value is -1.88. The largest absolute Gasteiger partial charge is 0.376 e. The monoisotopic (exact) mass is 374 g/mol. The second kappa shape index (κ2) is 9.72. The standard InChI is InChI=1S/C21H26N2O2.ClH/c1-16-7-9-19(10-8-16)20(22)21(24)23-12-11-18(13-23)15-25-14-17-5-3-2-4-6-17;/h2-10,18,20H,11-15,22H2,1H3;1H. The SMILES string of the molecule is Cc1ccc(C(N)C(=O)N2CCC(COCc3ccccc3)C2)cc1.Cl. The first kappa shape index (κ1) is 20.4. The lowest BCUT2D eigenvalue weighted by atomic mass is 10.0. The van der Waals surface area contributed by atoms with E-state index in [1.807, 2.05) is 54.3 Å². The Morgan fingerprint density at radius 1 is 1.19 bits per heavy atom. The van der Waals surface area contributed by atoms with Gasteiger partial charge >= 0.3 is 0 Å². The Labute approximate surface area is 161 Å². The van der Waals surface area contributed by atoms with Gasteiger partial charge in [-0.05, 0) is 24.5 Å². The summed E-state index contributed by atoms with van der Waals surface area (Å²) in [4.78, 5) is 14.5. The van der Waals surface area contributed by atoms with Gasteiger partial charge in [-0.15, -0.1) is 12.4 Å². The first-order valence-electron chi connectivity index (χ1n) is 8.86. The third-order valence-corrected chi connectivity index (χ3v) is 4.77. The first-order chi connectivity index (χ1) is 12.1. The number of amides is 1. The van der Waals surface area contributed by atoms with Crippen LogP contribution in [0.15, 0.2) is 54.6 Å². The van der Waals surface area contributed by atoms with Crippen molar-refractivity contribution in [3.63, 3.8) is 0 Å². The molecule has 1 aliphatic heterocycles. The molecule has 0 aromatic heterocycles. The molecule has 1 aliphatic rings. The van der Waals surface area contributed by atoms with Gasteiger partial charge < -0.3 is 15.4 Å². The van der Waals surface area contributed by atoms with Crippen LogP contribution in [0, 0.1) is 12.8 Å². The molecule has 1 fully saturated rings. The number of rotatable bonds is 6. The van der Waals surface area contributed by atoms with Gasteiger partial charge in [0.05, 0.1) is 13.2 Å². The molecule has 4 nitrogen and oxygen atoms in total. The third-order valence-electron chi connectivity index (χ3n) is 4.77. The van der Waals surface area contributed by atoms with Crippen LogP contribution in [0.5, 0.6) is 0 Å². The van der Waals surface area contributed by atoms with Crippen LogP contribution in [0.25, 0.3) is 0 Å². The Balaban J connectivity index is 0.00000243. The van der Waals surface area contributed by atoms with Gasteiger partial charge in [0, 0.05) is 19.0 Å². The Morgan fingerprint density at radius 2 is 1.88 bits per heavy atom. The van der Waals surface area contributed by atoms with E-state index >= 15 is 0 Å². The number of aryl methyl sites for hydroxylation is 1. The second-order valence-corrected chi connectivity index (χ2v) is 6.83. The normalized spacial score (nSPS) is 17.6. The van der Waals surface area contributed by atoms with Gasteiger partial charge in [0.1, 0.15) is 6.04 Å². The van der Waals surface area contributed by atoms with Crippen LogP contribution in [0.4, 0.5) is 0 Å². The van der Waals surface area contributed by atoms with Crippen molar-refractivity contribution in [2.75, 3.05) is 19.7 Å². The lowest BCUT2D eigenvalue weighted by Gasteiger charge is -2.21. The molecule has 2 aromatic rings. The van der Waals surface area contributed by atoms with Gasteiger partial charge in [0.15, 0.2) is 0 Å². The number of benzene rings is 2. The maximum Gasteiger partial charge on any atom is 0.244 e. The summed E-state index contributed by atoms with van der Waals surface area (Å²) in [5, 5.41) is 0. The zero-order valence-electron chi connectivity index (χ0n) is 15.1. The Bertz CT molecular complexity index is 691. The smallest absolute Gasteiger partial charge is 0.244 e. The fraction of sp³-hybridized carbons (Fsp3) is 0.381. The second-order valence-electron chi connectivity index (χ2n) is 6.83. The summed E-state index contributed by atoms with van der Waals surface area (Å²) < 4.78 is 5.82. The highest BCUT2D eigenvalue weighted by Gasteiger charge is 2.29. The fourth-order valence-electron chi connectivity index (χ4n) is 3.20. The van der Waals surface area contributed by atoms with Crippen LogP contribution in [0.1, 0.15) is 29.2 Å². The topological polar surface area (TPSA) is 55.6 Å². The Kier molecular flexibility index (Phi) is 7.64. The van der Waals surface area contributed by atoms with Gasteiger partial charge in [-0.25, -0.2) is 0 Å². The van der Waals surface area contributed by atoms with E-state index in [0.717, 1.165) is 25.1 Å². The van der Waals surface area contributed by atoms with Gasteiger partial charge in [-0.1, -0.05) is 60.2 Å². The predicted octanol–water partition coefficient (Wildman–Crippen LogP) is 3.48. The highest BCUT2D eigenvalue weighted by atomic mass is 35.5. The van der Waals surface area contributed by atoms with Crippen molar-refractivity contribution in [2.45, 2.75) is 26.0 Å². The number of nitrogens with two attached hydrogens (primary N) is 1. The van der Waals surface area contributed by atoms with Crippen molar-refractivity contribution in [3.05, 3.63) is 71.3 Å². The molecule has 140 valence electrons. The van der Waals surface area contributed by atoms with E-state index in [1.165, 1.54) is 11.1 Å². The molecule has 0 bridgehead atoms. The zero-order valence-corrected chi connectivity index (χ0v) is 16.0. The number of likely N-dealkylation sites (tertiary alicyclic amines) is 1. The first-order valence-corrected chi connectivity index (χ1v) is 8.86. The van der Waals surface area contributed by atoms with Gasteiger partial charge in [0.2, 0.25) is 5.91 Å². The number of hydrogen-bond donors (Lipinski definition) is 1. The molecule has 0 spiro atoms. The van der Waals surface area contributed by atoms with Crippen molar-refractivity contribution in [2.24, 2.45) is 11.7 Å². The summed E-state index contributed by atoms with van der Waals surface area (Å²) >= 11 is 0. The van der Waals surface area contributed by atoms with Gasteiger partial charge in [-0.2, -0.15) is 0 Å². The van der Waals surface area contributed by atoms with E-state index in [9.17, 15) is 4.79 Å². The molecule has 26 heavy (non-hydrogen) atoms. The lowest BCUT2D eigenvalue weighted by Crippen LogP contribution is -2.37. The van der Waals surface area contributed by atoms with E-state index in [0.29, 0.717) is 19.1 Å². The van der Waals surface area contributed by atoms with Crippen LogP contribution < -0.4 is 5.73 Å². The van der Waals surface area contributed by atoms with Crippen LogP contribution in [-0.2, 0) is 16.1 Å². The average Bonchev–Trinajstić information content (AvgIpc) is 3.11. The summed E-state index contributed by atoms with van der Waals surface area (Å²) in [5.41, 5.74) is 9.38.